The van der Waals surface area contributed by atoms with Crippen LogP contribution >= 0.6 is 0 Å². The van der Waals surface area contributed by atoms with Gasteiger partial charge in [-0.15, -0.1) is 0 Å². The molecule has 0 unspecified atom stereocenters. The molecule has 27 heavy (non-hydrogen) atoms. The predicted octanol–water partition coefficient (Wildman–Crippen LogP) is 1.78. The number of hydrogen-bond donors (Lipinski definition) is 2. The Bertz CT molecular complexity index is 800. The fourth-order valence-corrected chi connectivity index (χ4v) is 3.53. The van der Waals surface area contributed by atoms with Crippen molar-refractivity contribution in [2.24, 2.45) is 5.92 Å². The molecule has 1 saturated heterocycles. The number of pyridine rings is 1. The van der Waals surface area contributed by atoms with Crippen LogP contribution in [0.5, 0.6) is 0 Å². The van der Waals surface area contributed by atoms with Crippen LogP contribution in [-0.4, -0.2) is 45.0 Å². The summed E-state index contributed by atoms with van der Waals surface area (Å²) in [6, 6.07) is 7.82. The molecule has 2 aliphatic rings. The van der Waals surface area contributed by atoms with Crippen molar-refractivity contribution in [1.82, 2.24) is 25.4 Å². The van der Waals surface area contributed by atoms with Crippen LogP contribution in [0.2, 0.25) is 0 Å². The van der Waals surface area contributed by atoms with E-state index in [1.165, 1.54) is 12.8 Å². The minimum absolute atomic E-state index is 0.00732. The van der Waals surface area contributed by atoms with Gasteiger partial charge in [0.25, 0.3) is 0 Å². The molecule has 2 N–H and O–H groups in total. The standard InChI is InChI=1S/C20H25N5O2/c26-19-7-6-15(13-25(19)10-8-16-3-1-2-9-21-16)20(27)22-12-17-11-18(24-23-17)14-4-5-14/h1-3,9,11,14-15H,4-8,10,12-13H2,(H,22,27)(H,23,24)/t15-/m1/s1. The van der Waals surface area contributed by atoms with Crippen LogP contribution < -0.4 is 5.32 Å². The van der Waals surface area contributed by atoms with Crippen LogP contribution in [0.1, 0.15) is 48.7 Å². The van der Waals surface area contributed by atoms with Crippen molar-refractivity contribution in [2.45, 2.75) is 44.6 Å². The van der Waals surface area contributed by atoms with Crippen LogP contribution in [-0.2, 0) is 22.6 Å². The van der Waals surface area contributed by atoms with E-state index in [2.05, 4.69) is 20.5 Å². The fourth-order valence-electron chi connectivity index (χ4n) is 3.53. The average Bonchev–Trinajstić information content (AvgIpc) is 3.44. The third-order valence-electron chi connectivity index (χ3n) is 5.33. The zero-order chi connectivity index (χ0) is 18.6. The second-order valence-corrected chi connectivity index (χ2v) is 7.46. The fraction of sp³-hybridized carbons (Fsp3) is 0.500. The number of aromatic nitrogens is 3. The molecule has 142 valence electrons. The lowest BCUT2D eigenvalue weighted by molar-refractivity contribution is -0.138. The maximum atomic E-state index is 12.6. The number of nitrogens with zero attached hydrogens (tertiary/aromatic N) is 3. The molecular weight excluding hydrogens is 342 g/mol. The summed E-state index contributed by atoms with van der Waals surface area (Å²) in [6.45, 7) is 1.54. The van der Waals surface area contributed by atoms with Crippen LogP contribution in [0.25, 0.3) is 0 Å². The van der Waals surface area contributed by atoms with E-state index in [1.807, 2.05) is 24.3 Å². The molecule has 2 aromatic rings. The number of aromatic amines is 1. The number of hydrogen-bond acceptors (Lipinski definition) is 4. The number of carbonyl (C=O) groups excluding carboxylic acids is 2. The molecule has 7 heteroatoms. The maximum Gasteiger partial charge on any atom is 0.225 e. The molecule has 2 fully saturated rings. The van der Waals surface area contributed by atoms with E-state index in [4.69, 9.17) is 0 Å². The van der Waals surface area contributed by atoms with E-state index < -0.39 is 0 Å². The maximum absolute atomic E-state index is 12.6. The van der Waals surface area contributed by atoms with Gasteiger partial charge in [0.05, 0.1) is 23.9 Å². The van der Waals surface area contributed by atoms with E-state index in [0.29, 0.717) is 44.8 Å². The first-order valence-electron chi connectivity index (χ1n) is 9.68. The molecule has 0 spiro atoms. The van der Waals surface area contributed by atoms with E-state index in [-0.39, 0.29) is 17.7 Å². The van der Waals surface area contributed by atoms with Crippen LogP contribution in [0.15, 0.2) is 30.5 Å². The van der Waals surface area contributed by atoms with Crippen LogP contribution in [0, 0.1) is 5.92 Å². The van der Waals surface area contributed by atoms with Gasteiger partial charge in [-0.3, -0.25) is 19.7 Å². The van der Waals surface area contributed by atoms with Crippen molar-refractivity contribution in [3.8, 4) is 0 Å². The molecule has 2 aromatic heterocycles. The lowest BCUT2D eigenvalue weighted by atomic mass is 9.96. The van der Waals surface area contributed by atoms with Gasteiger partial charge in [0.15, 0.2) is 0 Å². The molecule has 7 nitrogen and oxygen atoms in total. The smallest absolute Gasteiger partial charge is 0.225 e. The molecule has 1 saturated carbocycles. The van der Waals surface area contributed by atoms with Crippen LogP contribution in [0.3, 0.4) is 0 Å². The highest BCUT2D eigenvalue weighted by atomic mass is 16.2. The Morgan fingerprint density at radius 2 is 2.19 bits per heavy atom. The summed E-state index contributed by atoms with van der Waals surface area (Å²) in [5.41, 5.74) is 3.00. The monoisotopic (exact) mass is 367 g/mol. The number of nitrogens with one attached hydrogen (secondary N) is 2. The summed E-state index contributed by atoms with van der Waals surface area (Å²) in [5.74, 6) is 0.575. The first-order chi connectivity index (χ1) is 13.2. The summed E-state index contributed by atoms with van der Waals surface area (Å²) in [5, 5.41) is 10.3. The summed E-state index contributed by atoms with van der Waals surface area (Å²) in [6.07, 6.45) is 5.92. The van der Waals surface area contributed by atoms with E-state index in [1.54, 1.807) is 11.1 Å². The Morgan fingerprint density at radius 1 is 1.30 bits per heavy atom. The quantitative estimate of drug-likeness (QED) is 0.780. The lowest BCUT2D eigenvalue weighted by Crippen LogP contribution is -2.46. The second kappa shape index (κ2) is 7.90. The highest BCUT2D eigenvalue weighted by molar-refractivity contribution is 5.83. The summed E-state index contributed by atoms with van der Waals surface area (Å²) < 4.78 is 0. The van der Waals surface area contributed by atoms with Gasteiger partial charge in [-0.2, -0.15) is 5.10 Å². The van der Waals surface area contributed by atoms with Gasteiger partial charge in [-0.05, 0) is 37.5 Å². The predicted molar refractivity (Wildman–Crippen MR) is 99.7 cm³/mol. The van der Waals surface area contributed by atoms with Crippen molar-refractivity contribution >= 4 is 11.8 Å². The Kier molecular flexibility index (Phi) is 5.18. The van der Waals surface area contributed by atoms with Gasteiger partial charge >= 0.3 is 0 Å². The van der Waals surface area contributed by atoms with Crippen molar-refractivity contribution in [3.05, 3.63) is 47.5 Å². The highest BCUT2D eigenvalue weighted by Crippen LogP contribution is 2.38. The second-order valence-electron chi connectivity index (χ2n) is 7.46. The molecule has 1 aliphatic carbocycles. The molecule has 1 atom stereocenters. The Hall–Kier alpha value is -2.70. The van der Waals surface area contributed by atoms with E-state index in [9.17, 15) is 9.59 Å². The van der Waals surface area contributed by atoms with Gasteiger partial charge in [-0.1, -0.05) is 6.07 Å². The van der Waals surface area contributed by atoms with Crippen LogP contribution in [0.4, 0.5) is 0 Å². The number of likely N-dealkylation sites (tertiary alicyclic amines) is 1. The van der Waals surface area contributed by atoms with Crippen molar-refractivity contribution in [2.75, 3.05) is 13.1 Å². The average molecular weight is 367 g/mol. The topological polar surface area (TPSA) is 91.0 Å². The summed E-state index contributed by atoms with van der Waals surface area (Å²) in [7, 11) is 0. The Labute approximate surface area is 158 Å². The lowest BCUT2D eigenvalue weighted by Gasteiger charge is -2.31. The number of piperidine rings is 1. The molecule has 0 radical (unpaired) electrons. The van der Waals surface area contributed by atoms with E-state index in [0.717, 1.165) is 17.1 Å². The van der Waals surface area contributed by atoms with Crippen molar-refractivity contribution in [3.63, 3.8) is 0 Å². The minimum atomic E-state index is -0.155. The third-order valence-corrected chi connectivity index (χ3v) is 5.33. The zero-order valence-electron chi connectivity index (χ0n) is 15.4. The van der Waals surface area contributed by atoms with Crippen molar-refractivity contribution < 1.29 is 9.59 Å². The van der Waals surface area contributed by atoms with Crippen molar-refractivity contribution in [1.29, 1.82) is 0 Å². The molecule has 3 heterocycles. The van der Waals surface area contributed by atoms with Gasteiger partial charge < -0.3 is 10.2 Å². The normalized spacial score (nSPS) is 19.9. The molecule has 0 bridgehead atoms. The minimum Gasteiger partial charge on any atom is -0.350 e. The summed E-state index contributed by atoms with van der Waals surface area (Å²) in [4.78, 5) is 30.8. The largest absolute Gasteiger partial charge is 0.350 e. The molecule has 1 aliphatic heterocycles. The van der Waals surface area contributed by atoms with Gasteiger partial charge in [0, 0.05) is 43.7 Å². The highest BCUT2D eigenvalue weighted by Gasteiger charge is 2.30. The van der Waals surface area contributed by atoms with Gasteiger partial charge in [0.1, 0.15) is 0 Å². The number of rotatable bonds is 7. The first kappa shape index (κ1) is 17.7. The molecule has 4 rings (SSSR count). The third kappa shape index (κ3) is 4.53. The zero-order valence-corrected chi connectivity index (χ0v) is 15.4. The number of H-pyrrole nitrogens is 1. The molecule has 2 amide bonds. The Morgan fingerprint density at radius 3 is 2.96 bits per heavy atom. The number of amides is 2. The first-order valence-corrected chi connectivity index (χ1v) is 9.68. The van der Waals surface area contributed by atoms with E-state index >= 15 is 0 Å². The van der Waals surface area contributed by atoms with Gasteiger partial charge in [0.2, 0.25) is 11.8 Å². The molecule has 0 aromatic carbocycles. The Balaban J connectivity index is 1.27. The number of carbonyl (C=O) groups is 2. The SMILES string of the molecule is O=C(NCc1cc(C2CC2)n[nH]1)[C@@H]1CCC(=O)N(CCc2ccccn2)C1. The van der Waals surface area contributed by atoms with Gasteiger partial charge in [-0.25, -0.2) is 0 Å². The molecular formula is C20H25N5O2. The summed E-state index contributed by atoms with van der Waals surface area (Å²) >= 11 is 0.